The lowest BCUT2D eigenvalue weighted by molar-refractivity contribution is -0.117. The van der Waals surface area contributed by atoms with Crippen LogP contribution in [0.1, 0.15) is 12.7 Å². The third kappa shape index (κ3) is 5.54. The number of allylic oxidation sites excluding steroid dienone is 1. The molecule has 1 atom stereocenters. The number of carbonyl (C=O) groups is 1. The van der Waals surface area contributed by atoms with E-state index in [4.69, 9.17) is 9.52 Å². The average Bonchev–Trinajstić information content (AvgIpc) is 3.38. The number of rotatable bonds is 7. The number of aliphatic hydroxyl groups excluding tert-OH is 2. The molecule has 1 aliphatic heterocycles. The number of anilines is 1. The Morgan fingerprint density at radius 2 is 1.83 bits per heavy atom. The zero-order chi connectivity index (χ0) is 24.9. The number of amides is 1. The van der Waals surface area contributed by atoms with Crippen LogP contribution in [-0.2, 0) is 4.79 Å². The summed E-state index contributed by atoms with van der Waals surface area (Å²) in [6, 6.07) is 18.1. The number of nitrogens with one attached hydrogen (secondary N) is 1. The van der Waals surface area contributed by atoms with E-state index in [1.165, 1.54) is 5.69 Å². The number of carbonyl (C=O) groups excluding carboxylic acids is 1. The van der Waals surface area contributed by atoms with Crippen LogP contribution in [0.4, 0.5) is 5.69 Å². The molecule has 0 aliphatic carbocycles. The van der Waals surface area contributed by atoms with Gasteiger partial charge < -0.3 is 29.7 Å². The predicted octanol–water partition coefficient (Wildman–Crippen LogP) is 2.62. The third-order valence-corrected chi connectivity index (χ3v) is 6.38. The molecule has 0 saturated carbocycles. The maximum Gasteiger partial charge on any atom is 0.262 e. The van der Waals surface area contributed by atoms with Gasteiger partial charge in [0.25, 0.3) is 5.91 Å². The van der Waals surface area contributed by atoms with Gasteiger partial charge in [0.1, 0.15) is 23.2 Å². The van der Waals surface area contributed by atoms with Gasteiger partial charge in [0, 0.05) is 49.5 Å². The highest BCUT2D eigenvalue weighted by Crippen LogP contribution is 2.31. The fourth-order valence-corrected chi connectivity index (χ4v) is 4.13. The normalized spacial score (nSPS) is 16.0. The van der Waals surface area contributed by atoms with Crippen LogP contribution in [0.15, 0.2) is 58.5 Å². The number of furan rings is 1. The second-order valence-electron chi connectivity index (χ2n) is 8.86. The van der Waals surface area contributed by atoms with Crippen molar-refractivity contribution in [3.63, 3.8) is 0 Å². The van der Waals surface area contributed by atoms with Crippen LogP contribution in [-0.4, -0.2) is 73.5 Å². The van der Waals surface area contributed by atoms with Crippen LogP contribution in [0, 0.1) is 11.3 Å². The first-order valence-electron chi connectivity index (χ1n) is 11.7. The summed E-state index contributed by atoms with van der Waals surface area (Å²) in [5.41, 5.74) is 2.42. The summed E-state index contributed by atoms with van der Waals surface area (Å²) in [4.78, 5) is 17.1. The van der Waals surface area contributed by atoms with Crippen LogP contribution in [0.2, 0.25) is 0 Å². The summed E-state index contributed by atoms with van der Waals surface area (Å²) in [5.74, 6) is 0.426. The van der Waals surface area contributed by atoms with E-state index in [-0.39, 0.29) is 12.1 Å². The first-order chi connectivity index (χ1) is 16.9. The van der Waals surface area contributed by atoms with Gasteiger partial charge in [-0.05, 0) is 55.1 Å². The molecule has 4 rings (SSSR count). The summed E-state index contributed by atoms with van der Waals surface area (Å²) in [6.07, 6.45) is -1.08. The van der Waals surface area contributed by atoms with Crippen molar-refractivity contribution in [2.45, 2.75) is 13.0 Å². The van der Waals surface area contributed by atoms with E-state index in [2.05, 4.69) is 52.5 Å². The molecule has 1 fully saturated rings. The lowest BCUT2D eigenvalue weighted by Crippen LogP contribution is -2.44. The van der Waals surface area contributed by atoms with Crippen LogP contribution < -0.4 is 10.2 Å². The Labute approximate surface area is 204 Å². The van der Waals surface area contributed by atoms with Crippen molar-refractivity contribution in [2.75, 3.05) is 51.3 Å². The number of fused-ring (bicyclic) bond motifs is 1. The molecule has 8 nitrogen and oxygen atoms in total. The predicted molar refractivity (Wildman–Crippen MR) is 136 cm³/mol. The summed E-state index contributed by atoms with van der Waals surface area (Å²) in [6.45, 7) is 5.18. The van der Waals surface area contributed by atoms with E-state index in [9.17, 15) is 15.2 Å². The number of nitrogens with zero attached hydrogens (tertiary/aromatic N) is 3. The highest BCUT2D eigenvalue weighted by Gasteiger charge is 2.18. The topological polar surface area (TPSA) is 113 Å². The number of piperazine rings is 1. The molecule has 0 radical (unpaired) electrons. The summed E-state index contributed by atoms with van der Waals surface area (Å²) in [5, 5.41) is 32.5. The molecule has 3 aromatic rings. The Hall–Kier alpha value is -3.64. The monoisotopic (exact) mass is 474 g/mol. The SMILES string of the molecule is CC(=C(C#N)C(=O)NCC(O)CO)c1ccc(-c2ccc3cc(N4CCN(C)CC4)ccc3c2)o1. The minimum Gasteiger partial charge on any atom is -0.456 e. The molecule has 3 N–H and O–H groups in total. The number of aliphatic hydroxyl groups is 2. The zero-order valence-corrected chi connectivity index (χ0v) is 20.0. The van der Waals surface area contributed by atoms with Crippen LogP contribution in [0.3, 0.4) is 0 Å². The number of hydrogen-bond acceptors (Lipinski definition) is 7. The molecular weight excluding hydrogens is 444 g/mol. The first-order valence-corrected chi connectivity index (χ1v) is 11.7. The average molecular weight is 475 g/mol. The van der Waals surface area contributed by atoms with Crippen LogP contribution in [0.25, 0.3) is 27.7 Å². The maximum absolute atomic E-state index is 12.4. The number of nitriles is 1. The molecule has 0 bridgehead atoms. The van der Waals surface area contributed by atoms with E-state index in [0.29, 0.717) is 17.1 Å². The van der Waals surface area contributed by atoms with Crippen LogP contribution >= 0.6 is 0 Å². The van der Waals surface area contributed by atoms with Gasteiger partial charge >= 0.3 is 0 Å². The Morgan fingerprint density at radius 3 is 2.54 bits per heavy atom. The van der Waals surface area contributed by atoms with E-state index in [1.54, 1.807) is 13.0 Å². The molecule has 1 aliphatic rings. The smallest absolute Gasteiger partial charge is 0.262 e. The Bertz CT molecular complexity index is 1280. The van der Waals surface area contributed by atoms with Gasteiger partial charge in [0.05, 0.1) is 12.7 Å². The van der Waals surface area contributed by atoms with Crippen molar-refractivity contribution >= 4 is 27.9 Å². The Morgan fingerprint density at radius 1 is 1.11 bits per heavy atom. The van der Waals surface area contributed by atoms with Gasteiger partial charge in [0.2, 0.25) is 0 Å². The molecule has 1 aromatic heterocycles. The Balaban J connectivity index is 1.54. The molecule has 0 spiro atoms. The van der Waals surface area contributed by atoms with Crippen molar-refractivity contribution < 1.29 is 19.4 Å². The molecular formula is C27H30N4O4. The number of hydrogen-bond donors (Lipinski definition) is 3. The lowest BCUT2D eigenvalue weighted by atomic mass is 10.0. The Kier molecular flexibility index (Phi) is 7.51. The molecule has 1 unspecified atom stereocenters. The molecule has 1 amide bonds. The molecule has 1 saturated heterocycles. The third-order valence-electron chi connectivity index (χ3n) is 6.38. The highest BCUT2D eigenvalue weighted by molar-refractivity contribution is 6.04. The second-order valence-corrected chi connectivity index (χ2v) is 8.86. The molecule has 8 heteroatoms. The first kappa shape index (κ1) is 24.5. The zero-order valence-electron chi connectivity index (χ0n) is 20.0. The van der Waals surface area contributed by atoms with Crippen LogP contribution in [0.5, 0.6) is 0 Å². The van der Waals surface area contributed by atoms with E-state index < -0.39 is 18.6 Å². The fourth-order valence-electron chi connectivity index (χ4n) is 4.13. The van der Waals surface area contributed by atoms with Crippen molar-refractivity contribution in [1.29, 1.82) is 5.26 Å². The second kappa shape index (κ2) is 10.7. The highest BCUT2D eigenvalue weighted by atomic mass is 16.3. The fraction of sp³-hybridized carbons (Fsp3) is 0.333. The van der Waals surface area contributed by atoms with Gasteiger partial charge in [-0.2, -0.15) is 5.26 Å². The van der Waals surface area contributed by atoms with Crippen molar-refractivity contribution in [2.24, 2.45) is 0 Å². The lowest BCUT2D eigenvalue weighted by Gasteiger charge is -2.34. The number of likely N-dealkylation sites (N-methyl/N-ethyl adjacent to an activating group) is 1. The van der Waals surface area contributed by atoms with Gasteiger partial charge in [0.15, 0.2) is 0 Å². The van der Waals surface area contributed by atoms with E-state index >= 15 is 0 Å². The summed E-state index contributed by atoms with van der Waals surface area (Å²) < 4.78 is 6.00. The maximum atomic E-state index is 12.4. The van der Waals surface area contributed by atoms with Gasteiger partial charge in [-0.1, -0.05) is 18.2 Å². The minimum absolute atomic E-state index is 0.106. The van der Waals surface area contributed by atoms with E-state index in [0.717, 1.165) is 42.5 Å². The van der Waals surface area contributed by atoms with Gasteiger partial charge in [-0.15, -0.1) is 0 Å². The number of benzene rings is 2. The molecule has 182 valence electrons. The quantitative estimate of drug-likeness (QED) is 0.356. The largest absolute Gasteiger partial charge is 0.456 e. The molecule has 35 heavy (non-hydrogen) atoms. The van der Waals surface area contributed by atoms with Crippen molar-refractivity contribution in [3.05, 3.63) is 59.9 Å². The summed E-state index contributed by atoms with van der Waals surface area (Å²) >= 11 is 0. The standard InChI is InChI=1S/C27H30N4O4/c1-18(24(15-28)27(34)29-16-23(33)17-32)25-7-8-26(35-25)21-4-3-20-14-22(6-5-19(20)13-21)31-11-9-30(2)10-12-31/h3-8,13-14,23,32-33H,9-12,16-17H2,1-2H3,(H,29,34). The molecule has 2 aromatic carbocycles. The summed E-state index contributed by atoms with van der Waals surface area (Å²) in [7, 11) is 2.15. The van der Waals surface area contributed by atoms with Crippen molar-refractivity contribution in [1.82, 2.24) is 10.2 Å². The van der Waals surface area contributed by atoms with E-state index in [1.807, 2.05) is 18.2 Å². The van der Waals surface area contributed by atoms with Gasteiger partial charge in [-0.3, -0.25) is 4.79 Å². The molecule has 2 heterocycles. The minimum atomic E-state index is -1.08. The van der Waals surface area contributed by atoms with Gasteiger partial charge in [-0.25, -0.2) is 0 Å². The van der Waals surface area contributed by atoms with Crippen molar-refractivity contribution in [3.8, 4) is 17.4 Å².